The van der Waals surface area contributed by atoms with Crippen LogP contribution >= 0.6 is 0 Å². The number of aryl methyl sites for hydroxylation is 2. The Hall–Kier alpha value is -1.28. The minimum absolute atomic E-state index is 0.750. The third-order valence-corrected chi connectivity index (χ3v) is 19.0. The van der Waals surface area contributed by atoms with E-state index in [-0.39, 0.29) is 0 Å². The Morgan fingerprint density at radius 1 is 0.704 bits per heavy atom. The fourth-order valence-electron chi connectivity index (χ4n) is 4.96. The van der Waals surface area contributed by atoms with E-state index in [2.05, 4.69) is 74.5 Å². The summed E-state index contributed by atoms with van der Waals surface area (Å²) < 4.78 is 4.69. The molecule has 2 nitrogen and oxygen atoms in total. The zero-order chi connectivity index (χ0) is 19.6. The first-order chi connectivity index (χ1) is 13.2. The molecular weight excluding hydrogens is 411 g/mol. The van der Waals surface area contributed by atoms with Gasteiger partial charge in [-0.25, -0.2) is 0 Å². The van der Waals surface area contributed by atoms with Gasteiger partial charge in [0.15, 0.2) is 0 Å². The third kappa shape index (κ3) is 3.35. The first-order valence-electron chi connectivity index (χ1n) is 9.58. The minimum atomic E-state index is -2.19. The Morgan fingerprint density at radius 2 is 1.11 bits per heavy atom. The molecule has 3 aliphatic rings. The van der Waals surface area contributed by atoms with Gasteiger partial charge in [-0.05, 0) is 0 Å². The number of hydrogen-bond donors (Lipinski definition) is 0. The Morgan fingerprint density at radius 3 is 1.48 bits per heavy atom. The third-order valence-electron chi connectivity index (χ3n) is 6.36. The SMILES string of the molecule is C[O-].C[O-].Cc1cccc2c1C=C[CH]2[Zr+2]1([CH]2C=Cc3c(C)cccc32)[CH2][CH2]1. The molecule has 140 valence electrons. The molecule has 1 fully saturated rings. The molecule has 1 saturated heterocycles. The van der Waals surface area contributed by atoms with E-state index in [0.717, 1.165) is 21.5 Å². The van der Waals surface area contributed by atoms with E-state index < -0.39 is 20.3 Å². The second kappa shape index (κ2) is 8.39. The number of allylic oxidation sites excluding steroid dienone is 2. The first-order valence-corrected chi connectivity index (χ1v) is 15.9. The van der Waals surface area contributed by atoms with Crippen molar-refractivity contribution in [1.29, 1.82) is 0 Å². The molecule has 2 aromatic carbocycles. The molecule has 2 aliphatic carbocycles. The van der Waals surface area contributed by atoms with Crippen molar-refractivity contribution in [2.45, 2.75) is 29.4 Å². The Kier molecular flexibility index (Phi) is 6.36. The molecule has 0 saturated carbocycles. The van der Waals surface area contributed by atoms with Crippen LogP contribution in [0, 0.1) is 13.8 Å². The van der Waals surface area contributed by atoms with Gasteiger partial charge in [-0.15, -0.1) is 0 Å². The van der Waals surface area contributed by atoms with Crippen LogP contribution in [-0.4, -0.2) is 14.2 Å². The average molecular weight is 440 g/mol. The second-order valence-corrected chi connectivity index (χ2v) is 19.1. The molecule has 27 heavy (non-hydrogen) atoms. The number of hydrogen-bond acceptors (Lipinski definition) is 2. The van der Waals surface area contributed by atoms with Crippen molar-refractivity contribution >= 4 is 12.2 Å². The topological polar surface area (TPSA) is 46.1 Å². The van der Waals surface area contributed by atoms with E-state index in [9.17, 15) is 0 Å². The summed E-state index contributed by atoms with van der Waals surface area (Å²) in [5, 5.41) is 16.5. The van der Waals surface area contributed by atoms with Crippen LogP contribution in [0.15, 0.2) is 48.6 Å². The van der Waals surface area contributed by atoms with Crippen LogP contribution in [0.4, 0.5) is 0 Å². The van der Waals surface area contributed by atoms with Crippen LogP contribution in [0.25, 0.3) is 12.2 Å². The molecule has 2 atom stereocenters. The summed E-state index contributed by atoms with van der Waals surface area (Å²) in [7, 11) is 1.50. The Balaban J connectivity index is 0.000000495. The van der Waals surface area contributed by atoms with Gasteiger partial charge in [0.1, 0.15) is 0 Å². The van der Waals surface area contributed by atoms with E-state index in [1.54, 1.807) is 19.4 Å². The van der Waals surface area contributed by atoms with Gasteiger partial charge >= 0.3 is 144 Å². The van der Waals surface area contributed by atoms with Gasteiger partial charge in [-0.1, -0.05) is 0 Å². The van der Waals surface area contributed by atoms with Gasteiger partial charge in [-0.3, -0.25) is 0 Å². The predicted octanol–water partition coefficient (Wildman–Crippen LogP) is 4.10. The second-order valence-electron chi connectivity index (χ2n) is 7.56. The quantitative estimate of drug-likeness (QED) is 0.707. The predicted molar refractivity (Wildman–Crippen MR) is 107 cm³/mol. The molecule has 0 radical (unpaired) electrons. The molecule has 2 unspecified atom stereocenters. The molecule has 2 aromatic rings. The molecule has 5 rings (SSSR count). The summed E-state index contributed by atoms with van der Waals surface area (Å²) in [6, 6.07) is 13.8. The summed E-state index contributed by atoms with van der Waals surface area (Å²) in [5.74, 6) is 0. The maximum absolute atomic E-state index is 8.25. The van der Waals surface area contributed by atoms with Crippen molar-refractivity contribution in [2.75, 3.05) is 14.2 Å². The number of benzene rings is 2. The summed E-state index contributed by atoms with van der Waals surface area (Å²) in [5.41, 5.74) is 9.22. The molecular formula is C24H28O2Zr. The fourth-order valence-corrected chi connectivity index (χ4v) is 20.5. The molecule has 1 aliphatic heterocycles. The van der Waals surface area contributed by atoms with E-state index >= 15 is 0 Å². The maximum atomic E-state index is 8.25. The normalized spacial score (nSPS) is 21.0. The van der Waals surface area contributed by atoms with E-state index in [1.807, 2.05) is 0 Å². The fraction of sp³-hybridized carbons (Fsp3) is 0.333. The Labute approximate surface area is 167 Å². The molecule has 0 amide bonds. The molecule has 0 spiro atoms. The van der Waals surface area contributed by atoms with Crippen LogP contribution in [0.1, 0.15) is 40.6 Å². The summed E-state index contributed by atoms with van der Waals surface area (Å²) in [4.78, 5) is 0. The number of rotatable bonds is 2. The summed E-state index contributed by atoms with van der Waals surface area (Å²) >= 11 is -2.19. The van der Waals surface area contributed by atoms with Gasteiger partial charge in [0.05, 0.1) is 0 Å². The van der Waals surface area contributed by atoms with Crippen molar-refractivity contribution in [2.24, 2.45) is 0 Å². The zero-order valence-corrected chi connectivity index (χ0v) is 19.1. The van der Waals surface area contributed by atoms with Crippen molar-refractivity contribution < 1.29 is 30.5 Å². The molecule has 0 N–H and O–H groups in total. The van der Waals surface area contributed by atoms with Crippen LogP contribution in [0.3, 0.4) is 0 Å². The Bertz CT molecular complexity index is 808. The van der Waals surface area contributed by atoms with E-state index in [1.165, 1.54) is 22.3 Å². The van der Waals surface area contributed by atoms with Crippen molar-refractivity contribution in [3.05, 3.63) is 81.9 Å². The van der Waals surface area contributed by atoms with Crippen molar-refractivity contribution in [3.8, 4) is 0 Å². The van der Waals surface area contributed by atoms with Crippen molar-refractivity contribution in [3.63, 3.8) is 0 Å². The van der Waals surface area contributed by atoms with E-state index in [0.29, 0.717) is 0 Å². The van der Waals surface area contributed by atoms with Gasteiger partial charge in [0.25, 0.3) is 0 Å². The monoisotopic (exact) mass is 438 g/mol. The van der Waals surface area contributed by atoms with E-state index in [4.69, 9.17) is 10.2 Å². The van der Waals surface area contributed by atoms with Gasteiger partial charge in [-0.2, -0.15) is 14.2 Å². The summed E-state index contributed by atoms with van der Waals surface area (Å²) in [6.45, 7) is 4.52. The van der Waals surface area contributed by atoms with Crippen molar-refractivity contribution in [1.82, 2.24) is 0 Å². The zero-order valence-electron chi connectivity index (χ0n) is 16.7. The first kappa shape index (κ1) is 20.5. The molecule has 1 heterocycles. The average Bonchev–Trinajstić information content (AvgIpc) is 3.18. The van der Waals surface area contributed by atoms with Gasteiger partial charge < -0.3 is 10.2 Å². The molecule has 0 bridgehead atoms. The molecule has 0 aromatic heterocycles. The van der Waals surface area contributed by atoms with Crippen LogP contribution in [0.5, 0.6) is 0 Å². The van der Waals surface area contributed by atoms with Gasteiger partial charge in [0, 0.05) is 0 Å². The van der Waals surface area contributed by atoms with Crippen LogP contribution < -0.4 is 10.2 Å². The molecule has 3 heteroatoms. The van der Waals surface area contributed by atoms with Crippen LogP contribution in [-0.2, 0) is 20.3 Å². The summed E-state index contributed by atoms with van der Waals surface area (Å²) in [6.07, 6.45) is 9.98. The van der Waals surface area contributed by atoms with Crippen LogP contribution in [0.2, 0.25) is 8.26 Å². The number of fused-ring (bicyclic) bond motifs is 2. The van der Waals surface area contributed by atoms with Gasteiger partial charge in [0.2, 0.25) is 0 Å². The standard InChI is InChI=1S/2C10H9.C2H4.2CH3O.Zr/c2*1-8-4-2-5-9-6-3-7-10(8)9;3*1-2;/h2*2-7H,1H3;1-2H2;2*1H3;/q;;;2*-1;+2.